The molecule has 8 aromatic carbocycles. The van der Waals surface area contributed by atoms with Gasteiger partial charge in [0.25, 0.3) is 0 Å². The fourth-order valence-corrected chi connectivity index (χ4v) is 15.7. The Labute approximate surface area is 417 Å². The van der Waals surface area contributed by atoms with E-state index in [9.17, 15) is 0 Å². The van der Waals surface area contributed by atoms with E-state index in [-0.39, 0.29) is 33.9 Å². The zero-order valence-electron chi connectivity index (χ0n) is 42.5. The number of aromatic nitrogens is 1. The molecule has 342 valence electrons. The van der Waals surface area contributed by atoms with Gasteiger partial charge in [-0.05, 0) is 161 Å². The van der Waals surface area contributed by atoms with Gasteiger partial charge in [-0.2, -0.15) is 0 Å². The third-order valence-electron chi connectivity index (χ3n) is 18.6. The van der Waals surface area contributed by atoms with E-state index in [1.807, 2.05) is 11.3 Å². The minimum Gasteiger partial charge on any atom is -0.376 e. The van der Waals surface area contributed by atoms with Crippen LogP contribution >= 0.6 is 11.3 Å². The molecule has 0 unspecified atom stereocenters. The fraction of sp³-hybridized carbons (Fsp3) is 0.273. The molecule has 0 saturated heterocycles. The van der Waals surface area contributed by atoms with E-state index >= 15 is 0 Å². The molecule has 15 rings (SSSR count). The topological polar surface area (TPSA) is 8.17 Å². The van der Waals surface area contributed by atoms with E-state index in [4.69, 9.17) is 0 Å². The lowest BCUT2D eigenvalue weighted by atomic mass is 9.43. The number of thiophene rings is 1. The molecule has 2 aliphatic heterocycles. The summed E-state index contributed by atoms with van der Waals surface area (Å²) in [5, 5.41) is 5.46. The van der Waals surface area contributed by atoms with Crippen LogP contribution in [-0.4, -0.2) is 11.4 Å². The van der Waals surface area contributed by atoms with Crippen LogP contribution in [0.5, 0.6) is 0 Å². The predicted molar refractivity (Wildman–Crippen MR) is 302 cm³/mol. The van der Waals surface area contributed by atoms with Gasteiger partial charge in [0.15, 0.2) is 0 Å². The molecule has 70 heavy (non-hydrogen) atoms. The second kappa shape index (κ2) is 12.9. The van der Waals surface area contributed by atoms with Crippen LogP contribution in [0.2, 0.25) is 0 Å². The van der Waals surface area contributed by atoms with Crippen LogP contribution in [0.3, 0.4) is 0 Å². The molecular formula is C66H59BN2S. The first-order valence-corrected chi connectivity index (χ1v) is 26.6. The predicted octanol–water partition coefficient (Wildman–Crippen LogP) is 16.6. The Hall–Kier alpha value is -6.36. The summed E-state index contributed by atoms with van der Waals surface area (Å²) in [5.41, 5.74) is 27.5. The molecule has 0 radical (unpaired) electrons. The Bertz CT molecular complexity index is 4050. The zero-order valence-corrected chi connectivity index (χ0v) is 43.3. The van der Waals surface area contributed by atoms with Crippen molar-refractivity contribution in [2.45, 2.75) is 116 Å². The second-order valence-corrected chi connectivity index (χ2v) is 26.3. The average molecular weight is 923 g/mol. The fourth-order valence-electron chi connectivity index (χ4n) is 14.5. The summed E-state index contributed by atoms with van der Waals surface area (Å²) < 4.78 is 5.47. The minimum atomic E-state index is -0.145. The first-order valence-electron chi connectivity index (χ1n) is 25.8. The smallest absolute Gasteiger partial charge is 0.333 e. The molecule has 4 heterocycles. The van der Waals surface area contributed by atoms with Crippen molar-refractivity contribution in [3.63, 3.8) is 0 Å². The molecule has 0 atom stereocenters. The molecule has 0 bridgehead atoms. The molecule has 0 saturated carbocycles. The highest BCUT2D eigenvalue weighted by molar-refractivity contribution is 7.25. The van der Waals surface area contributed by atoms with Crippen molar-refractivity contribution in [3.05, 3.63) is 172 Å². The lowest BCUT2D eigenvalue weighted by Crippen LogP contribution is -2.60. The van der Waals surface area contributed by atoms with Gasteiger partial charge in [0.1, 0.15) is 0 Å². The maximum atomic E-state index is 2.75. The SMILES string of the molecule is CC(C)(C)c1ccc(N2B3c4cc5c(cc4-n4c6cc7c(cc6c6ccc(c3c64)-c3cc4c(cc32)sc2cc3c(cc24)C(C)(C)CCC3(C)C)C(C)(C)c2ccccc2-7)C(C)(C)c2ccccc2-5)cc1. The van der Waals surface area contributed by atoms with Crippen LogP contribution in [-0.2, 0) is 27.1 Å². The molecule has 0 amide bonds. The molecule has 10 aromatic rings. The van der Waals surface area contributed by atoms with Gasteiger partial charge in [-0.25, -0.2) is 0 Å². The number of hydrogen-bond acceptors (Lipinski definition) is 2. The molecule has 3 aliphatic carbocycles. The van der Waals surface area contributed by atoms with E-state index in [2.05, 4.69) is 219 Å². The first-order chi connectivity index (χ1) is 33.3. The summed E-state index contributed by atoms with van der Waals surface area (Å²) in [7, 11) is 0. The van der Waals surface area contributed by atoms with Crippen molar-refractivity contribution in [2.24, 2.45) is 0 Å². The number of benzene rings is 8. The van der Waals surface area contributed by atoms with Crippen LogP contribution in [0.4, 0.5) is 11.4 Å². The summed E-state index contributed by atoms with van der Waals surface area (Å²) in [4.78, 5) is 2.75. The third-order valence-corrected chi connectivity index (χ3v) is 19.7. The standard InChI is InChI=1S/C66H59BN2S/c1-62(2,3)36-20-22-37(23-21-36)69-56-35-59-46(47-30-52-53(34-58(47)70-59)64(6,7)27-26-63(52,4)5)28-44(56)40-24-25-41-45-29-50-43(39-17-13-15-19-49(39)65(50,8)9)32-55(45)68-57-33-51-42(31-54(57)67(69)60(40)61(41)68)38-16-12-14-18-48(38)66(51,10)11/h12-25,28-35H,26-27H2,1-11H3. The zero-order chi connectivity index (χ0) is 47.9. The first kappa shape index (κ1) is 41.4. The van der Waals surface area contributed by atoms with Gasteiger partial charge >= 0.3 is 6.85 Å². The van der Waals surface area contributed by atoms with Gasteiger partial charge in [-0.1, -0.05) is 155 Å². The Morgan fingerprint density at radius 3 is 1.73 bits per heavy atom. The highest BCUT2D eigenvalue weighted by Crippen LogP contribution is 2.56. The average Bonchev–Trinajstić information content (AvgIpc) is 4.00. The molecule has 2 aromatic heterocycles. The third kappa shape index (κ3) is 5.06. The summed E-state index contributed by atoms with van der Waals surface area (Å²) in [5.74, 6) is 0. The van der Waals surface area contributed by atoms with Gasteiger partial charge in [0, 0.05) is 64.4 Å². The van der Waals surface area contributed by atoms with Crippen LogP contribution in [0.25, 0.3) is 81.0 Å². The summed E-state index contributed by atoms with van der Waals surface area (Å²) in [6.07, 6.45) is 2.42. The Morgan fingerprint density at radius 2 is 1.06 bits per heavy atom. The van der Waals surface area contributed by atoms with Crippen molar-refractivity contribution in [3.8, 4) is 39.1 Å². The van der Waals surface area contributed by atoms with E-state index in [0.717, 1.165) is 0 Å². The lowest BCUT2D eigenvalue weighted by molar-refractivity contribution is 0.332. The molecule has 5 aliphatic rings. The van der Waals surface area contributed by atoms with Gasteiger partial charge in [-0.3, -0.25) is 0 Å². The van der Waals surface area contributed by atoms with Crippen LogP contribution in [0.1, 0.15) is 128 Å². The van der Waals surface area contributed by atoms with Crippen molar-refractivity contribution >= 4 is 82.5 Å². The molecule has 4 heteroatoms. The second-order valence-electron chi connectivity index (χ2n) is 25.2. The Balaban J connectivity index is 1.09. The highest BCUT2D eigenvalue weighted by atomic mass is 32.1. The summed E-state index contributed by atoms with van der Waals surface area (Å²) in [6, 6.07) is 53.6. The maximum absolute atomic E-state index is 2.75. The Morgan fingerprint density at radius 1 is 0.471 bits per heavy atom. The van der Waals surface area contributed by atoms with Crippen LogP contribution < -0.4 is 15.7 Å². The number of nitrogens with zero attached hydrogens (tertiary/aromatic N) is 2. The normalized spacial score (nSPS) is 17.9. The maximum Gasteiger partial charge on any atom is 0.333 e. The minimum absolute atomic E-state index is 0.0388. The van der Waals surface area contributed by atoms with Crippen LogP contribution in [0, 0.1) is 0 Å². The van der Waals surface area contributed by atoms with E-state index in [1.165, 1.54) is 155 Å². The quantitative estimate of drug-likeness (QED) is 0.149. The van der Waals surface area contributed by atoms with Crippen molar-refractivity contribution in [1.82, 2.24) is 4.57 Å². The van der Waals surface area contributed by atoms with Gasteiger partial charge in [0.05, 0.1) is 11.0 Å². The number of rotatable bonds is 1. The highest BCUT2D eigenvalue weighted by Gasteiger charge is 2.47. The van der Waals surface area contributed by atoms with Crippen molar-refractivity contribution in [2.75, 3.05) is 4.81 Å². The van der Waals surface area contributed by atoms with Gasteiger partial charge in [-0.15, -0.1) is 11.3 Å². The lowest BCUT2D eigenvalue weighted by Gasteiger charge is -2.42. The van der Waals surface area contributed by atoms with Crippen molar-refractivity contribution in [1.29, 1.82) is 0 Å². The molecular weight excluding hydrogens is 864 g/mol. The van der Waals surface area contributed by atoms with E-state index in [1.54, 1.807) is 0 Å². The monoisotopic (exact) mass is 922 g/mol. The summed E-state index contributed by atoms with van der Waals surface area (Å²) in [6.45, 7) is 26.5. The van der Waals surface area contributed by atoms with E-state index < -0.39 is 0 Å². The van der Waals surface area contributed by atoms with Crippen molar-refractivity contribution < 1.29 is 0 Å². The van der Waals surface area contributed by atoms with E-state index in [0.29, 0.717) is 0 Å². The van der Waals surface area contributed by atoms with Crippen LogP contribution in [0.15, 0.2) is 133 Å². The molecule has 0 N–H and O–H groups in total. The number of fused-ring (bicyclic) bond motifs is 18. The molecule has 2 nitrogen and oxygen atoms in total. The summed E-state index contributed by atoms with van der Waals surface area (Å²) >= 11 is 1.99. The number of anilines is 2. The number of hydrogen-bond donors (Lipinski definition) is 0. The molecule has 0 spiro atoms. The molecule has 0 fully saturated rings. The van der Waals surface area contributed by atoms with Gasteiger partial charge < -0.3 is 9.38 Å². The Kier molecular flexibility index (Phi) is 7.66. The van der Waals surface area contributed by atoms with Gasteiger partial charge in [0.2, 0.25) is 0 Å². The largest absolute Gasteiger partial charge is 0.376 e.